The van der Waals surface area contributed by atoms with E-state index in [2.05, 4.69) is 35.1 Å². The Morgan fingerprint density at radius 1 is 0.949 bits per heavy atom. The number of carbonyl (C=O) groups excluding carboxylic acids is 1. The predicted molar refractivity (Wildman–Crippen MR) is 153 cm³/mol. The van der Waals surface area contributed by atoms with Crippen LogP contribution in [0.2, 0.25) is 0 Å². The number of anilines is 1. The van der Waals surface area contributed by atoms with Gasteiger partial charge in [0.2, 0.25) is 0 Å². The quantitative estimate of drug-likeness (QED) is 0.287. The molecule has 1 N–H and O–H groups in total. The number of benzene rings is 3. The Morgan fingerprint density at radius 2 is 1.72 bits per heavy atom. The van der Waals surface area contributed by atoms with Crippen LogP contribution >= 0.6 is 0 Å². The third kappa shape index (κ3) is 4.36. The number of amides is 2. The van der Waals surface area contributed by atoms with Crippen LogP contribution in [-0.2, 0) is 6.54 Å². The fourth-order valence-electron chi connectivity index (χ4n) is 5.43. The molecule has 0 saturated heterocycles. The number of methoxy groups -OCH3 is 1. The van der Waals surface area contributed by atoms with Gasteiger partial charge in [0, 0.05) is 17.4 Å². The van der Waals surface area contributed by atoms with Gasteiger partial charge in [0.05, 0.1) is 36.8 Å². The highest BCUT2D eigenvalue weighted by atomic mass is 16.5. The molecule has 6 rings (SSSR count). The lowest BCUT2D eigenvalue weighted by molar-refractivity contribution is 0.194. The number of ether oxygens (including phenoxy) is 1. The largest absolute Gasteiger partial charge is 0.497 e. The fraction of sp³-hybridized carbons (Fsp3) is 0.188. The molecule has 0 bridgehead atoms. The Balaban J connectivity index is 1.52. The molecule has 1 aliphatic heterocycles. The van der Waals surface area contributed by atoms with Crippen molar-refractivity contribution in [2.45, 2.75) is 33.4 Å². The molecular weight excluding hydrogens is 486 g/mol. The zero-order valence-electron chi connectivity index (χ0n) is 22.6. The van der Waals surface area contributed by atoms with E-state index in [0.717, 1.165) is 56.6 Å². The zero-order chi connectivity index (χ0) is 27.1. The maximum atomic E-state index is 14.1. The second-order valence-corrected chi connectivity index (χ2v) is 9.99. The van der Waals surface area contributed by atoms with Crippen LogP contribution < -0.4 is 10.1 Å². The van der Waals surface area contributed by atoms with Crippen LogP contribution in [0, 0.1) is 20.8 Å². The smallest absolute Gasteiger partial charge is 0.322 e. The molecule has 5 aromatic rings. The molecule has 196 valence electrons. The lowest BCUT2D eigenvalue weighted by Gasteiger charge is -2.31. The molecule has 0 saturated carbocycles. The number of carbonyl (C=O) groups is 1. The summed E-state index contributed by atoms with van der Waals surface area (Å²) in [6, 6.07) is 27.7. The second-order valence-electron chi connectivity index (χ2n) is 9.99. The van der Waals surface area contributed by atoms with Crippen molar-refractivity contribution in [2.75, 3.05) is 12.4 Å². The van der Waals surface area contributed by atoms with Gasteiger partial charge in [0.15, 0.2) is 0 Å². The first-order valence-electron chi connectivity index (χ1n) is 13.0. The number of nitrogens with zero attached hydrogens (tertiary/aromatic N) is 4. The van der Waals surface area contributed by atoms with E-state index >= 15 is 0 Å². The number of hydrogen-bond donors (Lipinski definition) is 1. The average Bonchev–Trinajstić information content (AvgIpc) is 3.51. The number of aromatic nitrogens is 3. The van der Waals surface area contributed by atoms with Gasteiger partial charge >= 0.3 is 6.03 Å². The summed E-state index contributed by atoms with van der Waals surface area (Å²) in [5.41, 5.74) is 7.81. The molecule has 7 heteroatoms. The Morgan fingerprint density at radius 3 is 2.44 bits per heavy atom. The standard InChI is InChI=1S/C32H31N5O2/c1-21-12-17-28(22(2)19-21)33-32(38)36-20-27-23(3)34-37(25-9-6-5-7-10-25)31(27)35-18-8-11-29(35)30(36)24-13-15-26(39-4)16-14-24/h5-19,30H,20H2,1-4H3,(H,33,38). The van der Waals surface area contributed by atoms with Gasteiger partial charge in [-0.1, -0.05) is 48.0 Å². The van der Waals surface area contributed by atoms with Gasteiger partial charge < -0.3 is 19.5 Å². The first-order chi connectivity index (χ1) is 18.9. The van der Waals surface area contributed by atoms with Gasteiger partial charge in [-0.15, -0.1) is 0 Å². The molecule has 1 aliphatic rings. The van der Waals surface area contributed by atoms with Gasteiger partial charge in [0.25, 0.3) is 0 Å². The number of rotatable bonds is 4. The van der Waals surface area contributed by atoms with Crippen LogP contribution in [0.15, 0.2) is 91.1 Å². The van der Waals surface area contributed by atoms with E-state index in [4.69, 9.17) is 9.84 Å². The van der Waals surface area contributed by atoms with Crippen molar-refractivity contribution in [3.05, 3.63) is 125 Å². The van der Waals surface area contributed by atoms with E-state index in [1.807, 2.05) is 96.2 Å². The Labute approximate surface area is 228 Å². The third-order valence-corrected chi connectivity index (χ3v) is 7.40. The molecule has 0 radical (unpaired) electrons. The Hall–Kier alpha value is -4.78. The van der Waals surface area contributed by atoms with Crippen LogP contribution in [0.25, 0.3) is 11.5 Å². The van der Waals surface area contributed by atoms with Crippen LogP contribution in [0.5, 0.6) is 5.75 Å². The van der Waals surface area contributed by atoms with Crippen molar-refractivity contribution in [1.82, 2.24) is 19.2 Å². The number of fused-ring (bicyclic) bond motifs is 3. The Kier molecular flexibility index (Phi) is 6.19. The number of nitrogens with one attached hydrogen (secondary N) is 1. The molecule has 0 fully saturated rings. The minimum absolute atomic E-state index is 0.171. The van der Waals surface area contributed by atoms with Crippen molar-refractivity contribution in [3.8, 4) is 17.3 Å². The third-order valence-electron chi connectivity index (χ3n) is 7.40. The van der Waals surface area contributed by atoms with E-state index in [1.165, 1.54) is 0 Å². The summed E-state index contributed by atoms with van der Waals surface area (Å²) in [6.45, 7) is 6.47. The van der Waals surface area contributed by atoms with Crippen molar-refractivity contribution >= 4 is 11.7 Å². The highest BCUT2D eigenvalue weighted by Gasteiger charge is 2.36. The van der Waals surface area contributed by atoms with E-state index < -0.39 is 0 Å². The van der Waals surface area contributed by atoms with E-state index in [0.29, 0.717) is 6.54 Å². The van der Waals surface area contributed by atoms with Crippen molar-refractivity contribution in [2.24, 2.45) is 0 Å². The maximum Gasteiger partial charge on any atom is 0.322 e. The molecule has 0 aliphatic carbocycles. The number of aryl methyl sites for hydroxylation is 3. The minimum Gasteiger partial charge on any atom is -0.497 e. The fourth-order valence-corrected chi connectivity index (χ4v) is 5.43. The first-order valence-corrected chi connectivity index (χ1v) is 13.0. The molecule has 2 aromatic heterocycles. The monoisotopic (exact) mass is 517 g/mol. The molecule has 39 heavy (non-hydrogen) atoms. The molecular formula is C32H31N5O2. The topological polar surface area (TPSA) is 64.3 Å². The summed E-state index contributed by atoms with van der Waals surface area (Å²) in [5.74, 6) is 1.71. The highest BCUT2D eigenvalue weighted by molar-refractivity contribution is 5.91. The summed E-state index contributed by atoms with van der Waals surface area (Å²) in [5, 5.41) is 8.12. The van der Waals surface area contributed by atoms with Crippen LogP contribution in [-0.4, -0.2) is 32.4 Å². The van der Waals surface area contributed by atoms with E-state index in [1.54, 1.807) is 7.11 Å². The van der Waals surface area contributed by atoms with Gasteiger partial charge in [-0.3, -0.25) is 0 Å². The van der Waals surface area contributed by atoms with Crippen molar-refractivity contribution in [3.63, 3.8) is 0 Å². The minimum atomic E-state index is -0.340. The SMILES string of the molecule is COc1ccc(C2c3cccn3-c3c(c(C)nn3-c3ccccc3)CN2C(=O)Nc2ccc(C)cc2C)cc1. The van der Waals surface area contributed by atoms with Gasteiger partial charge in [0.1, 0.15) is 11.6 Å². The van der Waals surface area contributed by atoms with Crippen molar-refractivity contribution in [1.29, 1.82) is 0 Å². The molecule has 7 nitrogen and oxygen atoms in total. The summed E-state index contributed by atoms with van der Waals surface area (Å²) in [6.07, 6.45) is 2.05. The molecule has 3 aromatic carbocycles. The lowest BCUT2D eigenvalue weighted by atomic mass is 10.0. The average molecular weight is 518 g/mol. The number of para-hydroxylation sites is 1. The van der Waals surface area contributed by atoms with Gasteiger partial charge in [-0.25, -0.2) is 9.48 Å². The van der Waals surface area contributed by atoms with E-state index in [9.17, 15) is 4.79 Å². The Bertz CT molecular complexity index is 1650. The summed E-state index contributed by atoms with van der Waals surface area (Å²) < 4.78 is 9.57. The summed E-state index contributed by atoms with van der Waals surface area (Å²) in [4.78, 5) is 16.1. The highest BCUT2D eigenvalue weighted by Crippen LogP contribution is 2.39. The van der Waals surface area contributed by atoms with E-state index in [-0.39, 0.29) is 12.1 Å². The van der Waals surface area contributed by atoms with Gasteiger partial charge in [-0.05, 0) is 74.4 Å². The number of urea groups is 1. The van der Waals surface area contributed by atoms with Gasteiger partial charge in [-0.2, -0.15) is 5.10 Å². The van der Waals surface area contributed by atoms with Crippen molar-refractivity contribution < 1.29 is 9.53 Å². The second kappa shape index (κ2) is 9.83. The first kappa shape index (κ1) is 24.6. The maximum absolute atomic E-state index is 14.1. The lowest BCUT2D eigenvalue weighted by Crippen LogP contribution is -2.38. The van der Waals surface area contributed by atoms with Crippen LogP contribution in [0.3, 0.4) is 0 Å². The van der Waals surface area contributed by atoms with Crippen LogP contribution in [0.4, 0.5) is 10.5 Å². The normalized spacial score (nSPS) is 14.4. The molecule has 0 spiro atoms. The summed E-state index contributed by atoms with van der Waals surface area (Å²) in [7, 11) is 1.66. The molecule has 2 amide bonds. The summed E-state index contributed by atoms with van der Waals surface area (Å²) >= 11 is 0. The predicted octanol–water partition coefficient (Wildman–Crippen LogP) is 6.73. The van der Waals surface area contributed by atoms with Crippen LogP contribution in [0.1, 0.15) is 39.7 Å². The molecule has 3 heterocycles. The number of hydrogen-bond acceptors (Lipinski definition) is 3. The zero-order valence-corrected chi connectivity index (χ0v) is 22.6. The molecule has 1 unspecified atom stereocenters. The molecule has 1 atom stereocenters.